The third-order valence-corrected chi connectivity index (χ3v) is 5.88. The molecule has 0 amide bonds. The topological polar surface area (TPSA) is 105 Å². The fraction of sp³-hybridized carbons (Fsp3) is 0.280. The molecule has 1 atom stereocenters. The number of methoxy groups -OCH3 is 1. The average Bonchev–Trinajstić information content (AvgIpc) is 2.84. The van der Waals surface area contributed by atoms with Crippen molar-refractivity contribution in [1.29, 1.82) is 0 Å². The molecule has 0 aliphatic carbocycles. The Balaban J connectivity index is 1.54. The van der Waals surface area contributed by atoms with Crippen molar-refractivity contribution in [3.63, 3.8) is 0 Å². The molecule has 4 heterocycles. The molecule has 3 aromatic heterocycles. The predicted molar refractivity (Wildman–Crippen MR) is 132 cm³/mol. The van der Waals surface area contributed by atoms with Crippen molar-refractivity contribution in [2.75, 3.05) is 37.0 Å². The third-order valence-electron chi connectivity index (χ3n) is 5.88. The molecule has 1 fully saturated rings. The van der Waals surface area contributed by atoms with Gasteiger partial charge >= 0.3 is 0 Å². The van der Waals surface area contributed by atoms with Gasteiger partial charge in [0.05, 0.1) is 43.3 Å². The summed E-state index contributed by atoms with van der Waals surface area (Å²) in [5, 5.41) is 4.58. The lowest BCUT2D eigenvalue weighted by Gasteiger charge is -2.34. The quantitative estimate of drug-likeness (QED) is 0.467. The van der Waals surface area contributed by atoms with Crippen molar-refractivity contribution in [3.8, 4) is 17.3 Å². The van der Waals surface area contributed by atoms with Gasteiger partial charge in [0.1, 0.15) is 11.5 Å². The summed E-state index contributed by atoms with van der Waals surface area (Å²) in [6.07, 6.45) is 4.98. The number of aromatic nitrogens is 4. The first-order valence-electron chi connectivity index (χ1n) is 11.1. The van der Waals surface area contributed by atoms with Crippen LogP contribution in [0.5, 0.6) is 5.88 Å². The maximum Gasteiger partial charge on any atom is 0.259 e. The fourth-order valence-electron chi connectivity index (χ4n) is 4.27. The molecule has 0 unspecified atom stereocenters. The molecule has 34 heavy (non-hydrogen) atoms. The zero-order valence-corrected chi connectivity index (χ0v) is 19.3. The number of benzene rings is 1. The Labute approximate surface area is 196 Å². The van der Waals surface area contributed by atoms with E-state index in [1.165, 1.54) is 19.0 Å². The average molecular weight is 459 g/mol. The SMILES string of the molecule is COc1cncc(-c2cc3cc[nH]c(=O)c3c(Nc3ccc(N4CCO[C@H](C)C4)c(C)c3)n2)n1. The molecule has 5 rings (SSSR count). The number of H-pyrrole nitrogens is 1. The minimum Gasteiger partial charge on any atom is -0.480 e. The van der Waals surface area contributed by atoms with Gasteiger partial charge in [-0.25, -0.2) is 9.97 Å². The number of hydrogen-bond acceptors (Lipinski definition) is 8. The Hall–Kier alpha value is -3.98. The van der Waals surface area contributed by atoms with E-state index in [1.54, 1.807) is 12.4 Å². The second kappa shape index (κ2) is 9.11. The molecule has 0 bridgehead atoms. The van der Waals surface area contributed by atoms with Crippen LogP contribution >= 0.6 is 0 Å². The van der Waals surface area contributed by atoms with Gasteiger partial charge < -0.3 is 24.7 Å². The second-order valence-electron chi connectivity index (χ2n) is 8.33. The monoisotopic (exact) mass is 458 g/mol. The van der Waals surface area contributed by atoms with Gasteiger partial charge in [-0.15, -0.1) is 0 Å². The van der Waals surface area contributed by atoms with Crippen molar-refractivity contribution >= 4 is 28.0 Å². The first-order valence-corrected chi connectivity index (χ1v) is 11.1. The lowest BCUT2D eigenvalue weighted by atomic mass is 10.1. The minimum atomic E-state index is -0.216. The standard InChI is InChI=1S/C25H26N6O3/c1-15-10-18(4-5-21(15)31-8-9-34-16(2)14-31)28-24-23-17(6-7-27-25(23)32)11-19(30-24)20-12-26-13-22(29-20)33-3/h4-7,10-13,16H,8-9,14H2,1-3H3,(H,27,32)(H,28,30)/t16-/m1/s1. The zero-order valence-electron chi connectivity index (χ0n) is 19.3. The van der Waals surface area contributed by atoms with E-state index in [4.69, 9.17) is 14.5 Å². The number of fused-ring (bicyclic) bond motifs is 1. The number of aromatic amines is 1. The van der Waals surface area contributed by atoms with Crippen LogP contribution in [0.15, 0.2) is 53.7 Å². The zero-order chi connectivity index (χ0) is 23.7. The van der Waals surface area contributed by atoms with E-state index >= 15 is 0 Å². The van der Waals surface area contributed by atoms with Crippen molar-refractivity contribution in [2.45, 2.75) is 20.0 Å². The maximum absolute atomic E-state index is 12.7. The van der Waals surface area contributed by atoms with Gasteiger partial charge in [-0.3, -0.25) is 9.78 Å². The van der Waals surface area contributed by atoms with Crippen molar-refractivity contribution in [3.05, 3.63) is 64.8 Å². The lowest BCUT2D eigenvalue weighted by Crippen LogP contribution is -2.41. The van der Waals surface area contributed by atoms with E-state index in [2.05, 4.69) is 51.1 Å². The molecule has 2 N–H and O–H groups in total. The number of ether oxygens (including phenoxy) is 2. The van der Waals surface area contributed by atoms with E-state index in [9.17, 15) is 4.79 Å². The van der Waals surface area contributed by atoms with Gasteiger partial charge in [-0.1, -0.05) is 0 Å². The summed E-state index contributed by atoms with van der Waals surface area (Å²) in [7, 11) is 1.54. The highest BCUT2D eigenvalue weighted by molar-refractivity contribution is 5.95. The number of morpholine rings is 1. The highest BCUT2D eigenvalue weighted by Gasteiger charge is 2.19. The highest BCUT2D eigenvalue weighted by Crippen LogP contribution is 2.30. The molecule has 174 valence electrons. The van der Waals surface area contributed by atoms with Gasteiger partial charge in [-0.2, -0.15) is 0 Å². The summed E-state index contributed by atoms with van der Waals surface area (Å²) in [6.45, 7) is 6.62. The van der Waals surface area contributed by atoms with Gasteiger partial charge in [0, 0.05) is 30.7 Å². The highest BCUT2D eigenvalue weighted by atomic mass is 16.5. The van der Waals surface area contributed by atoms with Crippen LogP contribution in [0.3, 0.4) is 0 Å². The molecular formula is C25H26N6O3. The lowest BCUT2D eigenvalue weighted by molar-refractivity contribution is 0.0532. The van der Waals surface area contributed by atoms with Crippen molar-refractivity contribution in [1.82, 2.24) is 19.9 Å². The maximum atomic E-state index is 12.7. The Morgan fingerprint density at radius 2 is 2.06 bits per heavy atom. The normalized spacial score (nSPS) is 16.0. The number of nitrogens with one attached hydrogen (secondary N) is 2. The van der Waals surface area contributed by atoms with E-state index in [0.717, 1.165) is 36.3 Å². The molecule has 1 aromatic carbocycles. The molecule has 4 aromatic rings. The molecule has 9 heteroatoms. The van der Waals surface area contributed by atoms with Crippen LogP contribution in [0.2, 0.25) is 0 Å². The Morgan fingerprint density at radius 1 is 1.18 bits per heavy atom. The smallest absolute Gasteiger partial charge is 0.259 e. The Bertz CT molecular complexity index is 1400. The van der Waals surface area contributed by atoms with Gasteiger partial charge in [0.15, 0.2) is 0 Å². The number of hydrogen-bond donors (Lipinski definition) is 2. The van der Waals surface area contributed by atoms with Crippen LogP contribution in [0.4, 0.5) is 17.2 Å². The van der Waals surface area contributed by atoms with Crippen molar-refractivity contribution in [2.24, 2.45) is 0 Å². The fourth-order valence-corrected chi connectivity index (χ4v) is 4.27. The van der Waals surface area contributed by atoms with Crippen LogP contribution in [-0.2, 0) is 4.74 Å². The summed E-state index contributed by atoms with van der Waals surface area (Å²) in [5.74, 6) is 0.842. The van der Waals surface area contributed by atoms with Crippen LogP contribution in [0.25, 0.3) is 22.2 Å². The number of anilines is 3. The van der Waals surface area contributed by atoms with Gasteiger partial charge in [0.25, 0.3) is 5.56 Å². The number of nitrogens with zero attached hydrogens (tertiary/aromatic N) is 4. The first kappa shape index (κ1) is 21.8. The number of pyridine rings is 2. The van der Waals surface area contributed by atoms with E-state index in [-0.39, 0.29) is 11.7 Å². The number of aryl methyl sites for hydroxylation is 1. The summed E-state index contributed by atoms with van der Waals surface area (Å²) in [4.78, 5) is 31.1. The molecule has 1 aliphatic heterocycles. The summed E-state index contributed by atoms with van der Waals surface area (Å²) in [5.41, 5.74) is 4.07. The summed E-state index contributed by atoms with van der Waals surface area (Å²) < 4.78 is 10.9. The summed E-state index contributed by atoms with van der Waals surface area (Å²) >= 11 is 0. The third kappa shape index (κ3) is 4.29. The molecule has 0 radical (unpaired) electrons. The minimum absolute atomic E-state index is 0.204. The Kier molecular flexibility index (Phi) is 5.85. The predicted octanol–water partition coefficient (Wildman–Crippen LogP) is 3.67. The molecule has 9 nitrogen and oxygen atoms in total. The molecule has 1 aliphatic rings. The van der Waals surface area contributed by atoms with Gasteiger partial charge in [-0.05, 0) is 55.1 Å². The van der Waals surface area contributed by atoms with Crippen LogP contribution in [-0.4, -0.2) is 52.8 Å². The number of rotatable bonds is 5. The van der Waals surface area contributed by atoms with Crippen LogP contribution < -0.4 is 20.5 Å². The van der Waals surface area contributed by atoms with E-state index in [1.807, 2.05) is 18.2 Å². The second-order valence-corrected chi connectivity index (χ2v) is 8.33. The Morgan fingerprint density at radius 3 is 2.85 bits per heavy atom. The van der Waals surface area contributed by atoms with E-state index in [0.29, 0.717) is 28.5 Å². The van der Waals surface area contributed by atoms with Crippen molar-refractivity contribution < 1.29 is 9.47 Å². The van der Waals surface area contributed by atoms with Crippen LogP contribution in [0.1, 0.15) is 12.5 Å². The van der Waals surface area contributed by atoms with Gasteiger partial charge in [0.2, 0.25) is 5.88 Å². The summed E-state index contributed by atoms with van der Waals surface area (Å²) in [6, 6.07) is 9.84. The van der Waals surface area contributed by atoms with Crippen LogP contribution in [0, 0.1) is 6.92 Å². The molecule has 0 spiro atoms. The molecule has 0 saturated carbocycles. The largest absolute Gasteiger partial charge is 0.480 e. The molecule has 1 saturated heterocycles. The molecular weight excluding hydrogens is 432 g/mol. The van der Waals surface area contributed by atoms with E-state index < -0.39 is 0 Å². The first-order chi connectivity index (χ1) is 16.5.